The number of urea groups is 1. The number of benzene rings is 1. The molecule has 1 aliphatic heterocycles. The first-order valence-electron chi connectivity index (χ1n) is 10.8. The van der Waals surface area contributed by atoms with Crippen molar-refractivity contribution in [2.75, 3.05) is 4.90 Å². The first-order chi connectivity index (χ1) is 15.0. The van der Waals surface area contributed by atoms with E-state index < -0.39 is 11.5 Å². The van der Waals surface area contributed by atoms with E-state index in [0.29, 0.717) is 16.8 Å². The summed E-state index contributed by atoms with van der Waals surface area (Å²) >= 11 is 6.62. The van der Waals surface area contributed by atoms with Gasteiger partial charge < -0.3 is 10.4 Å². The zero-order chi connectivity index (χ0) is 23.6. The van der Waals surface area contributed by atoms with Crippen LogP contribution in [0, 0.1) is 11.8 Å². The molecule has 0 saturated heterocycles. The lowest BCUT2D eigenvalue weighted by Crippen LogP contribution is -2.55. The fraction of sp³-hybridized carbons (Fsp3) is 0.400. The highest BCUT2D eigenvalue weighted by Gasteiger charge is 2.40. The molecule has 2 amide bonds. The van der Waals surface area contributed by atoms with Gasteiger partial charge in [0.2, 0.25) is 0 Å². The molecule has 1 aromatic heterocycles. The number of carbonyl (C=O) groups is 2. The molecule has 1 atom stereocenters. The molecule has 2 heterocycles. The number of halogens is 1. The van der Waals surface area contributed by atoms with E-state index in [2.05, 4.69) is 38.0 Å². The zero-order valence-corrected chi connectivity index (χ0v) is 19.9. The molecule has 0 aliphatic carbocycles. The number of nitrogens with one attached hydrogen (secondary N) is 1. The number of hydrogen-bond acceptors (Lipinski definition) is 3. The van der Waals surface area contributed by atoms with Gasteiger partial charge in [0, 0.05) is 17.4 Å². The van der Waals surface area contributed by atoms with Gasteiger partial charge >= 0.3 is 12.0 Å². The second-order valence-corrected chi connectivity index (χ2v) is 9.52. The Morgan fingerprint density at radius 3 is 2.47 bits per heavy atom. The first-order valence-corrected chi connectivity index (χ1v) is 11.2. The molecule has 0 fully saturated rings. The minimum Gasteiger partial charge on any atom is -0.478 e. The van der Waals surface area contributed by atoms with Gasteiger partial charge in [-0.3, -0.25) is 4.90 Å². The van der Waals surface area contributed by atoms with Crippen LogP contribution in [0.3, 0.4) is 0 Å². The summed E-state index contributed by atoms with van der Waals surface area (Å²) in [6.07, 6.45) is 5.02. The topological polar surface area (TPSA) is 82.5 Å². The van der Waals surface area contributed by atoms with Gasteiger partial charge in [-0.2, -0.15) is 0 Å². The van der Waals surface area contributed by atoms with Crippen molar-refractivity contribution in [2.24, 2.45) is 11.8 Å². The molecule has 0 radical (unpaired) electrons. The average Bonchev–Trinajstić information content (AvgIpc) is 2.72. The van der Waals surface area contributed by atoms with E-state index in [1.165, 1.54) is 23.2 Å². The highest BCUT2D eigenvalue weighted by molar-refractivity contribution is 6.31. The van der Waals surface area contributed by atoms with E-state index in [-0.39, 0.29) is 17.5 Å². The number of aromatic carboxylic acids is 1. The van der Waals surface area contributed by atoms with Crippen LogP contribution in [0.1, 0.15) is 62.5 Å². The Morgan fingerprint density at radius 2 is 1.94 bits per heavy atom. The van der Waals surface area contributed by atoms with E-state index in [4.69, 9.17) is 16.7 Å². The molecule has 1 aromatic carbocycles. The molecule has 0 bridgehead atoms. The molecule has 3 rings (SSSR count). The lowest BCUT2D eigenvalue weighted by Gasteiger charge is -2.42. The number of anilines is 1. The maximum Gasteiger partial charge on any atom is 0.337 e. The van der Waals surface area contributed by atoms with Gasteiger partial charge in [0.1, 0.15) is 5.82 Å². The minimum atomic E-state index is -1.06. The van der Waals surface area contributed by atoms with Crippen molar-refractivity contribution in [3.63, 3.8) is 0 Å². The molecule has 2 aromatic rings. The van der Waals surface area contributed by atoms with Crippen LogP contribution < -0.4 is 10.2 Å². The van der Waals surface area contributed by atoms with Crippen molar-refractivity contribution in [1.82, 2.24) is 10.3 Å². The quantitative estimate of drug-likeness (QED) is 0.535. The lowest BCUT2D eigenvalue weighted by molar-refractivity contribution is 0.0696. The van der Waals surface area contributed by atoms with Crippen LogP contribution in [0.25, 0.3) is 0 Å². The molecular weight excluding hydrogens is 426 g/mol. The predicted octanol–water partition coefficient (Wildman–Crippen LogP) is 6.01. The molecule has 32 heavy (non-hydrogen) atoms. The Kier molecular flexibility index (Phi) is 6.94. The Balaban J connectivity index is 1.98. The van der Waals surface area contributed by atoms with Gasteiger partial charge in [-0.1, -0.05) is 51.4 Å². The van der Waals surface area contributed by atoms with Crippen LogP contribution in [-0.2, 0) is 12.0 Å². The number of rotatable bonds is 7. The van der Waals surface area contributed by atoms with Crippen LogP contribution in [-0.4, -0.2) is 22.1 Å². The Hall–Kier alpha value is -2.86. The first kappa shape index (κ1) is 23.8. The van der Waals surface area contributed by atoms with Crippen molar-refractivity contribution in [3.05, 3.63) is 70.0 Å². The van der Waals surface area contributed by atoms with Crippen molar-refractivity contribution in [1.29, 1.82) is 0 Å². The predicted molar refractivity (Wildman–Crippen MR) is 127 cm³/mol. The fourth-order valence-electron chi connectivity index (χ4n) is 3.97. The van der Waals surface area contributed by atoms with Gasteiger partial charge in [0.15, 0.2) is 0 Å². The highest BCUT2D eigenvalue weighted by atomic mass is 35.5. The van der Waals surface area contributed by atoms with E-state index in [1.807, 2.05) is 25.1 Å². The molecule has 0 spiro atoms. The SMILES string of the molecule is CC(C)CCc1ccc([C@]2(C)NC(=O)N(c3ccc(C(=O)O)cn3)C=C2C(C)C)cc1Cl. The van der Waals surface area contributed by atoms with Gasteiger partial charge in [0.25, 0.3) is 0 Å². The Labute approximate surface area is 194 Å². The standard InChI is InChI=1S/C25H30ClN3O3/c1-15(2)6-7-17-8-10-19(12-21(17)26)25(5)20(16(3)4)14-29(24(32)28-25)22-11-9-18(13-27-22)23(30)31/h8-16H,6-7H2,1-5H3,(H,28,32)(H,30,31)/t25-/m0/s1. The van der Waals surface area contributed by atoms with Crippen molar-refractivity contribution >= 4 is 29.4 Å². The van der Waals surface area contributed by atoms with Crippen molar-refractivity contribution in [3.8, 4) is 0 Å². The van der Waals surface area contributed by atoms with E-state index in [0.717, 1.165) is 29.5 Å². The second kappa shape index (κ2) is 9.33. The highest BCUT2D eigenvalue weighted by Crippen LogP contribution is 2.39. The number of aryl methyl sites for hydroxylation is 1. The van der Waals surface area contributed by atoms with Crippen LogP contribution in [0.15, 0.2) is 48.3 Å². The number of nitrogens with zero attached hydrogens (tertiary/aromatic N) is 2. The molecule has 0 saturated carbocycles. The maximum atomic E-state index is 13.1. The summed E-state index contributed by atoms with van der Waals surface area (Å²) in [5.41, 5.74) is 2.35. The molecule has 170 valence electrons. The van der Waals surface area contributed by atoms with Crippen molar-refractivity contribution in [2.45, 2.75) is 53.0 Å². The van der Waals surface area contributed by atoms with Gasteiger partial charge in [-0.25, -0.2) is 14.6 Å². The monoisotopic (exact) mass is 455 g/mol. The number of pyridine rings is 1. The number of aromatic nitrogens is 1. The molecular formula is C25H30ClN3O3. The van der Waals surface area contributed by atoms with Crippen molar-refractivity contribution < 1.29 is 14.7 Å². The Bertz CT molecular complexity index is 1050. The maximum absolute atomic E-state index is 13.1. The largest absolute Gasteiger partial charge is 0.478 e. The van der Waals surface area contributed by atoms with Crippen LogP contribution in [0.2, 0.25) is 5.02 Å². The summed E-state index contributed by atoms with van der Waals surface area (Å²) in [5, 5.41) is 12.9. The third kappa shape index (κ3) is 4.80. The summed E-state index contributed by atoms with van der Waals surface area (Å²) in [6.45, 7) is 10.5. The minimum absolute atomic E-state index is 0.0660. The lowest BCUT2D eigenvalue weighted by atomic mass is 9.78. The third-order valence-corrected chi connectivity index (χ3v) is 6.26. The average molecular weight is 456 g/mol. The van der Waals surface area contributed by atoms with E-state index in [9.17, 15) is 9.59 Å². The summed E-state index contributed by atoms with van der Waals surface area (Å²) in [7, 11) is 0. The molecule has 7 heteroatoms. The molecule has 2 N–H and O–H groups in total. The third-order valence-electron chi connectivity index (χ3n) is 5.91. The fourth-order valence-corrected chi connectivity index (χ4v) is 4.24. The van der Waals surface area contributed by atoms with E-state index in [1.54, 1.807) is 6.20 Å². The molecule has 1 aliphatic rings. The Morgan fingerprint density at radius 1 is 1.22 bits per heavy atom. The van der Waals surface area contributed by atoms with Gasteiger partial charge in [-0.05, 0) is 66.5 Å². The summed E-state index contributed by atoms with van der Waals surface area (Å²) in [4.78, 5) is 29.8. The van der Waals surface area contributed by atoms with Crippen LogP contribution in [0.5, 0.6) is 0 Å². The number of hydrogen-bond donors (Lipinski definition) is 2. The van der Waals surface area contributed by atoms with Crippen LogP contribution >= 0.6 is 11.6 Å². The van der Waals surface area contributed by atoms with Crippen LogP contribution in [0.4, 0.5) is 10.6 Å². The van der Waals surface area contributed by atoms with Gasteiger partial charge in [0.05, 0.1) is 11.1 Å². The van der Waals surface area contributed by atoms with E-state index >= 15 is 0 Å². The molecule has 0 unspecified atom stereocenters. The number of carbonyl (C=O) groups excluding carboxylic acids is 1. The summed E-state index contributed by atoms with van der Waals surface area (Å²) in [6, 6.07) is 8.66. The summed E-state index contributed by atoms with van der Waals surface area (Å²) in [5.74, 6) is 0.0166. The number of amides is 2. The molecule has 6 nitrogen and oxygen atoms in total. The summed E-state index contributed by atoms with van der Waals surface area (Å²) < 4.78 is 0. The van der Waals surface area contributed by atoms with Gasteiger partial charge in [-0.15, -0.1) is 0 Å². The zero-order valence-electron chi connectivity index (χ0n) is 19.1. The number of carboxylic acids is 1. The second-order valence-electron chi connectivity index (χ2n) is 9.11. The number of carboxylic acid groups (broad SMARTS) is 1. The smallest absolute Gasteiger partial charge is 0.337 e. The normalized spacial score (nSPS) is 18.7.